The number of nitrogens with zero attached hydrogens (tertiary/aromatic N) is 3. The predicted octanol–water partition coefficient (Wildman–Crippen LogP) is -1.24. The molecule has 3 heterocycles. The number of aliphatic hydroxyl groups is 3. The van der Waals surface area contributed by atoms with Crippen LogP contribution in [0.4, 0.5) is 11.5 Å². The first-order valence-electron chi connectivity index (χ1n) is 5.77. The molecular weight excluding hydrogens is 276 g/mol. The van der Waals surface area contributed by atoms with Crippen LogP contribution in [0.2, 0.25) is 5.15 Å². The van der Waals surface area contributed by atoms with Gasteiger partial charge in [0.2, 0.25) is 0 Å². The van der Waals surface area contributed by atoms with Crippen LogP contribution in [-0.4, -0.2) is 63.1 Å². The van der Waals surface area contributed by atoms with Gasteiger partial charge in [-0.15, -0.1) is 0 Å². The Morgan fingerprint density at radius 3 is 2.89 bits per heavy atom. The average Bonchev–Trinajstić information content (AvgIpc) is 2.94. The summed E-state index contributed by atoms with van der Waals surface area (Å²) < 4.78 is 5.45. The van der Waals surface area contributed by atoms with Gasteiger partial charge in [0, 0.05) is 0 Å². The van der Waals surface area contributed by atoms with E-state index in [1.54, 1.807) is 4.90 Å². The van der Waals surface area contributed by atoms with E-state index in [0.717, 1.165) is 0 Å². The van der Waals surface area contributed by atoms with Gasteiger partial charge in [-0.1, -0.05) is 11.6 Å². The van der Waals surface area contributed by atoms with E-state index in [1.807, 2.05) is 0 Å². The molecule has 0 aromatic carbocycles. The zero-order valence-corrected chi connectivity index (χ0v) is 10.5. The first kappa shape index (κ1) is 12.8. The summed E-state index contributed by atoms with van der Waals surface area (Å²) in [5, 5.41) is 32.1. The summed E-state index contributed by atoms with van der Waals surface area (Å²) in [6.07, 6.45) is -2.59. The highest BCUT2D eigenvalue weighted by Gasteiger charge is 2.47. The number of hydrogen-bond acceptors (Lipinski definition) is 8. The molecule has 0 bridgehead atoms. The molecule has 0 saturated carbocycles. The molecule has 0 radical (unpaired) electrons. The fraction of sp³-hybridized carbons (Fsp3) is 0.600. The molecule has 4 N–H and O–H groups in total. The van der Waals surface area contributed by atoms with E-state index in [1.165, 1.54) is 6.33 Å². The molecule has 0 spiro atoms. The number of hydrogen-bond donors (Lipinski definition) is 4. The molecule has 4 atom stereocenters. The van der Waals surface area contributed by atoms with Crippen LogP contribution >= 0.6 is 11.6 Å². The maximum Gasteiger partial charge on any atom is 0.162 e. The molecule has 1 aromatic rings. The van der Waals surface area contributed by atoms with Crippen LogP contribution in [0.1, 0.15) is 0 Å². The monoisotopic (exact) mass is 288 g/mol. The van der Waals surface area contributed by atoms with Gasteiger partial charge in [-0.05, 0) is 0 Å². The van der Waals surface area contributed by atoms with E-state index < -0.39 is 24.5 Å². The van der Waals surface area contributed by atoms with Crippen LogP contribution in [0.5, 0.6) is 0 Å². The number of rotatable bonds is 2. The van der Waals surface area contributed by atoms with Crippen molar-refractivity contribution in [2.75, 3.05) is 23.5 Å². The second kappa shape index (κ2) is 4.73. The molecular formula is C10H13ClN4O4. The molecule has 1 fully saturated rings. The lowest BCUT2D eigenvalue weighted by atomic mass is 10.1. The van der Waals surface area contributed by atoms with Crippen LogP contribution in [0.25, 0.3) is 0 Å². The largest absolute Gasteiger partial charge is 0.394 e. The third kappa shape index (κ3) is 1.92. The molecule has 8 nitrogen and oxygen atoms in total. The van der Waals surface area contributed by atoms with Crippen LogP contribution in [0, 0.1) is 0 Å². The Hall–Kier alpha value is -1.19. The van der Waals surface area contributed by atoms with Crippen molar-refractivity contribution in [2.24, 2.45) is 0 Å². The van der Waals surface area contributed by atoms with Gasteiger partial charge in [0.05, 0.1) is 13.3 Å². The number of halogens is 1. The quantitative estimate of drug-likeness (QED) is 0.500. The molecule has 2 aliphatic rings. The van der Waals surface area contributed by atoms with Crippen molar-refractivity contribution < 1.29 is 20.1 Å². The SMILES string of the molecule is OC[C@H]1O[C@@H](N2CNc3c(Cl)ncnc32)[C@H](O)[C@H]1O. The Kier molecular flexibility index (Phi) is 3.19. The number of ether oxygens (including phenoxy) is 1. The van der Waals surface area contributed by atoms with Gasteiger partial charge in [-0.25, -0.2) is 9.97 Å². The van der Waals surface area contributed by atoms with Gasteiger partial charge in [0.15, 0.2) is 17.2 Å². The molecule has 2 aliphatic heterocycles. The van der Waals surface area contributed by atoms with Crippen LogP contribution in [-0.2, 0) is 4.74 Å². The van der Waals surface area contributed by atoms with E-state index in [4.69, 9.17) is 21.4 Å². The minimum atomic E-state index is -1.14. The molecule has 0 amide bonds. The fourth-order valence-electron chi connectivity index (χ4n) is 2.31. The molecule has 104 valence electrons. The summed E-state index contributed by atoms with van der Waals surface area (Å²) in [4.78, 5) is 9.57. The third-order valence-electron chi connectivity index (χ3n) is 3.30. The predicted molar refractivity (Wildman–Crippen MR) is 65.8 cm³/mol. The highest BCUT2D eigenvalue weighted by atomic mass is 35.5. The van der Waals surface area contributed by atoms with Crippen molar-refractivity contribution in [3.8, 4) is 0 Å². The lowest BCUT2D eigenvalue weighted by molar-refractivity contribution is -0.0219. The first-order chi connectivity index (χ1) is 9.13. The standard InChI is InChI=1S/C10H13ClN4O4/c11-8-5-9(13-2-12-8)15(3-14-5)10-7(18)6(17)4(1-16)19-10/h2,4,6-7,10,14,16-18H,1,3H2/t4-,6+,7-,10-/m1/s1. The number of nitrogens with one attached hydrogen (secondary N) is 1. The number of fused-ring (bicyclic) bond motifs is 1. The molecule has 0 unspecified atom stereocenters. The number of aliphatic hydroxyl groups excluding tert-OH is 3. The summed E-state index contributed by atoms with van der Waals surface area (Å²) in [6.45, 7) is -0.0479. The number of anilines is 2. The fourth-order valence-corrected chi connectivity index (χ4v) is 2.51. The van der Waals surface area contributed by atoms with Crippen molar-refractivity contribution >= 4 is 23.1 Å². The Bertz CT molecular complexity index is 491. The van der Waals surface area contributed by atoms with Crippen molar-refractivity contribution in [1.82, 2.24) is 9.97 Å². The molecule has 1 saturated heterocycles. The molecule has 3 rings (SSSR count). The normalized spacial score (nSPS) is 33.4. The van der Waals surface area contributed by atoms with Gasteiger partial charge in [-0.2, -0.15) is 0 Å². The lowest BCUT2D eigenvalue weighted by Crippen LogP contribution is -2.44. The molecule has 9 heteroatoms. The maximum absolute atomic E-state index is 9.98. The van der Waals surface area contributed by atoms with E-state index >= 15 is 0 Å². The van der Waals surface area contributed by atoms with Crippen LogP contribution in [0.3, 0.4) is 0 Å². The van der Waals surface area contributed by atoms with Gasteiger partial charge in [-0.3, -0.25) is 0 Å². The smallest absolute Gasteiger partial charge is 0.162 e. The molecule has 1 aromatic heterocycles. The van der Waals surface area contributed by atoms with Crippen molar-refractivity contribution in [2.45, 2.75) is 24.5 Å². The number of aromatic nitrogens is 2. The lowest BCUT2D eigenvalue weighted by Gasteiger charge is -2.26. The van der Waals surface area contributed by atoms with E-state index in [9.17, 15) is 10.2 Å². The second-order valence-electron chi connectivity index (χ2n) is 4.40. The summed E-state index contributed by atoms with van der Waals surface area (Å²) in [5.41, 5.74) is 0.557. The maximum atomic E-state index is 9.98. The van der Waals surface area contributed by atoms with E-state index in [-0.39, 0.29) is 11.8 Å². The van der Waals surface area contributed by atoms with E-state index in [2.05, 4.69) is 15.3 Å². The summed E-state index contributed by atoms with van der Waals surface area (Å²) in [5.74, 6) is 0.495. The highest BCUT2D eigenvalue weighted by Crippen LogP contribution is 2.37. The Morgan fingerprint density at radius 1 is 1.42 bits per heavy atom. The zero-order valence-electron chi connectivity index (χ0n) is 9.77. The summed E-state index contributed by atoms with van der Waals surface area (Å²) in [6, 6.07) is 0. The van der Waals surface area contributed by atoms with Gasteiger partial charge in [0.25, 0.3) is 0 Å². The summed E-state index contributed by atoms with van der Waals surface area (Å²) >= 11 is 5.93. The Labute approximate surface area is 113 Å². The van der Waals surface area contributed by atoms with Gasteiger partial charge >= 0.3 is 0 Å². The Balaban J connectivity index is 1.88. The highest BCUT2D eigenvalue weighted by molar-refractivity contribution is 6.32. The van der Waals surface area contributed by atoms with Gasteiger partial charge in [0.1, 0.15) is 30.3 Å². The Morgan fingerprint density at radius 2 is 2.21 bits per heavy atom. The molecule has 0 aliphatic carbocycles. The average molecular weight is 289 g/mol. The molecule has 19 heavy (non-hydrogen) atoms. The van der Waals surface area contributed by atoms with Crippen LogP contribution < -0.4 is 10.2 Å². The second-order valence-corrected chi connectivity index (χ2v) is 4.75. The van der Waals surface area contributed by atoms with Crippen molar-refractivity contribution in [3.05, 3.63) is 11.5 Å². The minimum absolute atomic E-state index is 0.277. The first-order valence-corrected chi connectivity index (χ1v) is 6.14. The zero-order chi connectivity index (χ0) is 13.6. The topological polar surface area (TPSA) is 111 Å². The van der Waals surface area contributed by atoms with Crippen molar-refractivity contribution in [1.29, 1.82) is 0 Å². The van der Waals surface area contributed by atoms with Gasteiger partial charge < -0.3 is 30.3 Å². The summed E-state index contributed by atoms with van der Waals surface area (Å²) in [7, 11) is 0. The van der Waals surface area contributed by atoms with Crippen molar-refractivity contribution in [3.63, 3.8) is 0 Å². The minimum Gasteiger partial charge on any atom is -0.394 e. The third-order valence-corrected chi connectivity index (χ3v) is 3.59. The van der Waals surface area contributed by atoms with Crippen LogP contribution in [0.15, 0.2) is 6.33 Å². The van der Waals surface area contributed by atoms with E-state index in [0.29, 0.717) is 18.2 Å².